The van der Waals surface area contributed by atoms with E-state index in [2.05, 4.69) is 10.1 Å². The summed E-state index contributed by atoms with van der Waals surface area (Å²) in [5, 5.41) is 4.23. The maximum Gasteiger partial charge on any atom is 0.295 e. The van der Waals surface area contributed by atoms with Gasteiger partial charge in [0.2, 0.25) is 5.82 Å². The summed E-state index contributed by atoms with van der Waals surface area (Å²) < 4.78 is 3.07. The Labute approximate surface area is 121 Å². The summed E-state index contributed by atoms with van der Waals surface area (Å²) in [5.41, 5.74) is 8.19. The molecule has 6 nitrogen and oxygen atoms in total. The summed E-state index contributed by atoms with van der Waals surface area (Å²) in [4.78, 5) is 16.4. The lowest BCUT2D eigenvalue weighted by Crippen LogP contribution is -2.24. The molecule has 21 heavy (non-hydrogen) atoms. The highest BCUT2D eigenvalue weighted by Gasteiger charge is 2.10. The van der Waals surface area contributed by atoms with Gasteiger partial charge in [0, 0.05) is 41.9 Å². The van der Waals surface area contributed by atoms with Gasteiger partial charge in [-0.2, -0.15) is 5.10 Å². The molecule has 0 aliphatic heterocycles. The van der Waals surface area contributed by atoms with Crippen molar-refractivity contribution < 1.29 is 0 Å². The Morgan fingerprint density at radius 3 is 2.86 bits per heavy atom. The first-order valence-corrected chi connectivity index (χ1v) is 6.66. The van der Waals surface area contributed by atoms with Crippen LogP contribution in [0.15, 0.2) is 53.8 Å². The van der Waals surface area contributed by atoms with E-state index in [4.69, 9.17) is 5.73 Å². The SMILES string of the molecule is CCn1ccnc(-n2cc(-c3ccccc3N)cn2)c1=O. The predicted molar refractivity (Wildman–Crippen MR) is 81.1 cm³/mol. The zero-order valence-corrected chi connectivity index (χ0v) is 11.6. The number of para-hydroxylation sites is 1. The number of aryl methyl sites for hydroxylation is 1. The molecule has 6 heteroatoms. The minimum atomic E-state index is -0.171. The molecule has 0 saturated heterocycles. The number of rotatable bonds is 3. The number of aromatic nitrogens is 4. The molecule has 0 unspecified atom stereocenters. The van der Waals surface area contributed by atoms with Crippen LogP contribution in [0.5, 0.6) is 0 Å². The van der Waals surface area contributed by atoms with Crippen molar-refractivity contribution in [2.45, 2.75) is 13.5 Å². The quantitative estimate of drug-likeness (QED) is 0.741. The molecule has 3 aromatic rings. The van der Waals surface area contributed by atoms with Crippen molar-refractivity contribution in [3.8, 4) is 16.9 Å². The summed E-state index contributed by atoms with van der Waals surface area (Å²) in [6.45, 7) is 2.50. The molecule has 0 saturated carbocycles. The number of benzene rings is 1. The molecule has 2 heterocycles. The molecule has 0 spiro atoms. The van der Waals surface area contributed by atoms with Crippen molar-refractivity contribution in [3.63, 3.8) is 0 Å². The van der Waals surface area contributed by atoms with E-state index in [-0.39, 0.29) is 11.4 Å². The molecule has 0 aliphatic carbocycles. The van der Waals surface area contributed by atoms with Crippen LogP contribution in [0.2, 0.25) is 0 Å². The Bertz CT molecular complexity index is 834. The lowest BCUT2D eigenvalue weighted by atomic mass is 10.1. The van der Waals surface area contributed by atoms with Crippen LogP contribution in [-0.2, 0) is 6.54 Å². The number of anilines is 1. The second-order valence-corrected chi connectivity index (χ2v) is 4.60. The maximum absolute atomic E-state index is 12.2. The van der Waals surface area contributed by atoms with E-state index in [1.165, 1.54) is 4.68 Å². The van der Waals surface area contributed by atoms with E-state index in [1.54, 1.807) is 29.4 Å². The number of nitrogens with zero attached hydrogens (tertiary/aromatic N) is 4. The first-order chi connectivity index (χ1) is 10.2. The third-order valence-corrected chi connectivity index (χ3v) is 3.31. The highest BCUT2D eigenvalue weighted by molar-refractivity contribution is 5.75. The Morgan fingerprint density at radius 2 is 2.10 bits per heavy atom. The molecule has 3 rings (SSSR count). The summed E-state index contributed by atoms with van der Waals surface area (Å²) in [6, 6.07) is 7.53. The normalized spacial score (nSPS) is 10.7. The standard InChI is InChI=1S/C15H15N5O/c1-2-19-8-7-17-14(15(19)21)20-10-11(9-18-20)12-5-3-4-6-13(12)16/h3-10H,2,16H2,1H3. The average molecular weight is 281 g/mol. The Hall–Kier alpha value is -2.89. The van der Waals surface area contributed by atoms with Gasteiger partial charge in [0.15, 0.2) is 0 Å². The first-order valence-electron chi connectivity index (χ1n) is 6.66. The minimum absolute atomic E-state index is 0.171. The van der Waals surface area contributed by atoms with Gasteiger partial charge in [-0.3, -0.25) is 4.79 Å². The molecule has 0 amide bonds. The molecule has 106 valence electrons. The highest BCUT2D eigenvalue weighted by Crippen LogP contribution is 2.24. The third kappa shape index (κ3) is 2.31. The largest absolute Gasteiger partial charge is 0.398 e. The van der Waals surface area contributed by atoms with E-state index in [0.29, 0.717) is 12.2 Å². The summed E-state index contributed by atoms with van der Waals surface area (Å²) in [5.74, 6) is 0.278. The summed E-state index contributed by atoms with van der Waals surface area (Å²) in [6.07, 6.45) is 6.69. The van der Waals surface area contributed by atoms with Gasteiger partial charge in [0.1, 0.15) is 0 Å². The molecule has 2 aromatic heterocycles. The van der Waals surface area contributed by atoms with E-state index >= 15 is 0 Å². The molecular formula is C15H15N5O. The first kappa shape index (κ1) is 13.1. The monoisotopic (exact) mass is 281 g/mol. The van der Waals surface area contributed by atoms with Crippen LogP contribution in [0.3, 0.4) is 0 Å². The van der Waals surface area contributed by atoms with Crippen molar-refractivity contribution >= 4 is 5.69 Å². The molecule has 1 aromatic carbocycles. The topological polar surface area (TPSA) is 78.7 Å². The Kier molecular flexibility index (Phi) is 3.27. The molecule has 0 aliphatic rings. The lowest BCUT2D eigenvalue weighted by Gasteiger charge is -2.04. The van der Waals surface area contributed by atoms with E-state index < -0.39 is 0 Å². The number of nitrogens with two attached hydrogens (primary N) is 1. The van der Waals surface area contributed by atoms with Crippen LogP contribution >= 0.6 is 0 Å². The van der Waals surface area contributed by atoms with Crippen LogP contribution in [0.4, 0.5) is 5.69 Å². The Balaban J connectivity index is 2.08. The fourth-order valence-corrected chi connectivity index (χ4v) is 2.18. The lowest BCUT2D eigenvalue weighted by molar-refractivity contribution is 0.693. The van der Waals surface area contributed by atoms with Gasteiger partial charge in [-0.15, -0.1) is 0 Å². The number of nitrogen functional groups attached to an aromatic ring is 1. The molecule has 2 N–H and O–H groups in total. The average Bonchev–Trinajstić information content (AvgIpc) is 2.97. The van der Waals surface area contributed by atoms with Crippen molar-refractivity contribution in [1.29, 1.82) is 0 Å². The second-order valence-electron chi connectivity index (χ2n) is 4.60. The van der Waals surface area contributed by atoms with Crippen LogP contribution in [-0.4, -0.2) is 19.3 Å². The van der Waals surface area contributed by atoms with Gasteiger partial charge in [0.25, 0.3) is 5.56 Å². The number of hydrogen-bond acceptors (Lipinski definition) is 4. The van der Waals surface area contributed by atoms with Crippen LogP contribution in [0.1, 0.15) is 6.92 Å². The second kappa shape index (κ2) is 5.24. The fraction of sp³-hybridized carbons (Fsp3) is 0.133. The predicted octanol–water partition coefficient (Wildman–Crippen LogP) is 1.70. The van der Waals surface area contributed by atoms with Crippen LogP contribution in [0, 0.1) is 0 Å². The minimum Gasteiger partial charge on any atom is -0.398 e. The summed E-state index contributed by atoms with van der Waals surface area (Å²) in [7, 11) is 0. The maximum atomic E-state index is 12.2. The Morgan fingerprint density at radius 1 is 1.29 bits per heavy atom. The van der Waals surface area contributed by atoms with Crippen LogP contribution < -0.4 is 11.3 Å². The van der Waals surface area contributed by atoms with Crippen molar-refractivity contribution in [1.82, 2.24) is 19.3 Å². The van der Waals surface area contributed by atoms with Crippen molar-refractivity contribution in [3.05, 3.63) is 59.4 Å². The van der Waals surface area contributed by atoms with Gasteiger partial charge in [-0.25, -0.2) is 9.67 Å². The molecular weight excluding hydrogens is 266 g/mol. The van der Waals surface area contributed by atoms with Crippen LogP contribution in [0.25, 0.3) is 16.9 Å². The van der Waals surface area contributed by atoms with Gasteiger partial charge < -0.3 is 10.3 Å². The molecule has 0 bridgehead atoms. The smallest absolute Gasteiger partial charge is 0.295 e. The zero-order chi connectivity index (χ0) is 14.8. The van der Waals surface area contributed by atoms with E-state index in [9.17, 15) is 4.79 Å². The van der Waals surface area contributed by atoms with Gasteiger partial charge in [-0.1, -0.05) is 18.2 Å². The van der Waals surface area contributed by atoms with Gasteiger partial charge >= 0.3 is 0 Å². The molecule has 0 atom stereocenters. The van der Waals surface area contributed by atoms with Crippen molar-refractivity contribution in [2.75, 3.05) is 5.73 Å². The third-order valence-electron chi connectivity index (χ3n) is 3.31. The van der Waals surface area contributed by atoms with E-state index in [1.807, 2.05) is 31.2 Å². The van der Waals surface area contributed by atoms with Crippen molar-refractivity contribution in [2.24, 2.45) is 0 Å². The van der Waals surface area contributed by atoms with E-state index in [0.717, 1.165) is 11.1 Å². The number of hydrogen-bond donors (Lipinski definition) is 1. The molecule has 0 radical (unpaired) electrons. The zero-order valence-electron chi connectivity index (χ0n) is 11.6. The van der Waals surface area contributed by atoms with Gasteiger partial charge in [0.05, 0.1) is 6.20 Å². The highest BCUT2D eigenvalue weighted by atomic mass is 16.1. The fourth-order valence-electron chi connectivity index (χ4n) is 2.18. The molecule has 0 fully saturated rings. The van der Waals surface area contributed by atoms with Gasteiger partial charge in [-0.05, 0) is 13.0 Å². The summed E-state index contributed by atoms with van der Waals surface area (Å²) >= 11 is 0.